The maximum Gasteiger partial charge on any atom is 0.394 e. The topological polar surface area (TPSA) is 74.6 Å². The Bertz CT molecular complexity index is 99.0. The summed E-state index contributed by atoms with van der Waals surface area (Å²) in [5, 5.41) is 0. The van der Waals surface area contributed by atoms with Gasteiger partial charge in [0.2, 0.25) is 0 Å². The fourth-order valence-electron chi connectivity index (χ4n) is 0. The van der Waals surface area contributed by atoms with Gasteiger partial charge in [-0.15, -0.1) is 50.9 Å². The standard InChI is InChI=1S/BH3.3BrH.H2O4S/c;;;;1-5(2,3)4/h1H3;3*1H;(H2,1,2,3,4). The molecule has 0 aliphatic carbocycles. The molecule has 0 saturated carbocycles. The van der Waals surface area contributed by atoms with Crippen LogP contribution < -0.4 is 0 Å². The Hall–Kier alpha value is 1.37. The Kier molecular flexibility index (Phi) is 42.4. The maximum atomic E-state index is 8.74. The third-order valence-electron chi connectivity index (χ3n) is 0. The third kappa shape index (κ3) is 270. The molecule has 9 heavy (non-hydrogen) atoms. The van der Waals surface area contributed by atoms with Crippen LogP contribution in [0.25, 0.3) is 0 Å². The van der Waals surface area contributed by atoms with Gasteiger partial charge >= 0.3 is 10.4 Å². The molecule has 0 aliphatic heterocycles. The van der Waals surface area contributed by atoms with Gasteiger partial charge in [0.05, 0.1) is 8.41 Å². The molecule has 0 aromatic rings. The van der Waals surface area contributed by atoms with Crippen molar-refractivity contribution in [1.29, 1.82) is 0 Å². The molecule has 0 unspecified atom stereocenters. The van der Waals surface area contributed by atoms with Gasteiger partial charge in [-0.1, -0.05) is 0 Å². The molecule has 0 heterocycles. The largest absolute Gasteiger partial charge is 0.394 e. The molecule has 0 radical (unpaired) electrons. The Morgan fingerprint density at radius 1 is 0.889 bits per heavy atom. The summed E-state index contributed by atoms with van der Waals surface area (Å²) in [4.78, 5) is 0. The lowest BCUT2D eigenvalue weighted by Gasteiger charge is -1.68. The average Bonchev–Trinajstić information content (AvgIpc) is 0.722. The molecule has 0 atom stereocenters. The molecule has 2 N–H and O–H groups in total. The van der Waals surface area contributed by atoms with Crippen LogP contribution in [0.3, 0.4) is 0 Å². The molecule has 0 fully saturated rings. The first-order valence-electron chi connectivity index (χ1n) is 0.698. The summed E-state index contributed by atoms with van der Waals surface area (Å²) < 4.78 is 31.6. The van der Waals surface area contributed by atoms with E-state index >= 15 is 0 Å². The predicted molar refractivity (Wildman–Crippen MR) is 55.1 cm³/mol. The van der Waals surface area contributed by atoms with Crippen LogP contribution in [0, 0.1) is 0 Å². The van der Waals surface area contributed by atoms with E-state index in [-0.39, 0.29) is 59.4 Å². The van der Waals surface area contributed by atoms with Gasteiger partial charge in [0.15, 0.2) is 0 Å². The van der Waals surface area contributed by atoms with Gasteiger partial charge in [-0.05, 0) is 0 Å². The van der Waals surface area contributed by atoms with Crippen molar-refractivity contribution in [2.45, 2.75) is 0 Å². The fraction of sp³-hybridized carbons (Fsp3) is 0. The van der Waals surface area contributed by atoms with Crippen molar-refractivity contribution in [3.05, 3.63) is 0 Å². The predicted octanol–water partition coefficient (Wildman–Crippen LogP) is -0.103. The van der Waals surface area contributed by atoms with Crippen LogP contribution in [0.4, 0.5) is 0 Å². The molecule has 62 valence electrons. The van der Waals surface area contributed by atoms with Gasteiger partial charge in [0.25, 0.3) is 0 Å². The quantitative estimate of drug-likeness (QED) is 0.470. The monoisotopic (exact) mass is 352 g/mol. The highest BCUT2D eigenvalue weighted by Crippen LogP contribution is 1.59. The Labute approximate surface area is 86.9 Å². The Morgan fingerprint density at radius 3 is 0.889 bits per heavy atom. The molecule has 0 aromatic carbocycles. The van der Waals surface area contributed by atoms with E-state index in [1.54, 1.807) is 0 Å². The summed E-state index contributed by atoms with van der Waals surface area (Å²) in [6, 6.07) is 0. The second-order valence-corrected chi connectivity index (χ2v) is 1.34. The van der Waals surface area contributed by atoms with Crippen LogP contribution in [0.1, 0.15) is 0 Å². The highest BCUT2D eigenvalue weighted by molar-refractivity contribution is 8.93. The van der Waals surface area contributed by atoms with Crippen LogP contribution in [0.2, 0.25) is 0 Å². The molecule has 0 rings (SSSR count). The van der Waals surface area contributed by atoms with Gasteiger partial charge in [0, 0.05) is 0 Å². The molecule has 0 spiro atoms. The summed E-state index contributed by atoms with van der Waals surface area (Å²) in [6.45, 7) is 0. The molecule has 0 amide bonds. The summed E-state index contributed by atoms with van der Waals surface area (Å²) in [7, 11) is -4.67. The zero-order valence-electron chi connectivity index (χ0n) is 3.34. The van der Waals surface area contributed by atoms with E-state index in [0.717, 1.165) is 0 Å². The third-order valence-corrected chi connectivity index (χ3v) is 0. The second kappa shape index (κ2) is 12.1. The van der Waals surface area contributed by atoms with Crippen LogP contribution in [-0.4, -0.2) is 25.9 Å². The normalized spacial score (nSPS) is 6.44. The lowest BCUT2D eigenvalue weighted by molar-refractivity contribution is 0.381. The summed E-state index contributed by atoms with van der Waals surface area (Å²) >= 11 is 0. The SMILES string of the molecule is B.Br.Br.Br.O=S(=O)(O)O. The number of hydrogen-bond acceptors (Lipinski definition) is 2. The molecular formula is H8BBr3O4S. The molecule has 0 aromatic heterocycles. The van der Waals surface area contributed by atoms with E-state index in [2.05, 4.69) is 0 Å². The van der Waals surface area contributed by atoms with Crippen molar-refractivity contribution in [3.8, 4) is 0 Å². The van der Waals surface area contributed by atoms with Crippen molar-refractivity contribution in [1.82, 2.24) is 0 Å². The van der Waals surface area contributed by atoms with Crippen molar-refractivity contribution in [2.75, 3.05) is 0 Å². The first kappa shape index (κ1) is 31.6. The average molecular weight is 355 g/mol. The van der Waals surface area contributed by atoms with E-state index in [1.807, 2.05) is 0 Å². The maximum absolute atomic E-state index is 8.74. The zero-order chi connectivity index (χ0) is 4.50. The zero-order valence-corrected chi connectivity index (χ0v) is 9.30. The number of hydrogen-bond donors (Lipinski definition) is 2. The minimum atomic E-state index is -4.67. The Morgan fingerprint density at radius 2 is 0.889 bits per heavy atom. The van der Waals surface area contributed by atoms with Crippen molar-refractivity contribution in [2.24, 2.45) is 0 Å². The van der Waals surface area contributed by atoms with Gasteiger partial charge in [0.1, 0.15) is 0 Å². The minimum absolute atomic E-state index is 0. The van der Waals surface area contributed by atoms with Crippen LogP contribution in [0.5, 0.6) is 0 Å². The van der Waals surface area contributed by atoms with E-state index in [9.17, 15) is 0 Å². The van der Waals surface area contributed by atoms with Gasteiger partial charge in [-0.25, -0.2) is 0 Å². The van der Waals surface area contributed by atoms with Gasteiger partial charge in [-0.3, -0.25) is 9.11 Å². The highest BCUT2D eigenvalue weighted by atomic mass is 79.9. The van der Waals surface area contributed by atoms with E-state index in [0.29, 0.717) is 0 Å². The lowest BCUT2D eigenvalue weighted by atomic mass is 10.8. The van der Waals surface area contributed by atoms with Crippen molar-refractivity contribution >= 4 is 69.8 Å². The van der Waals surface area contributed by atoms with Crippen LogP contribution >= 0.6 is 50.9 Å². The minimum Gasteiger partial charge on any atom is -0.264 e. The van der Waals surface area contributed by atoms with Crippen LogP contribution in [0.15, 0.2) is 0 Å². The van der Waals surface area contributed by atoms with Crippen molar-refractivity contribution in [3.63, 3.8) is 0 Å². The molecule has 0 saturated heterocycles. The highest BCUT2D eigenvalue weighted by Gasteiger charge is 1.84. The van der Waals surface area contributed by atoms with Crippen molar-refractivity contribution < 1.29 is 17.5 Å². The Balaban J connectivity index is -0.0000000133. The van der Waals surface area contributed by atoms with E-state index < -0.39 is 10.4 Å². The molecule has 0 bridgehead atoms. The van der Waals surface area contributed by atoms with Gasteiger partial charge < -0.3 is 0 Å². The molecule has 9 heteroatoms. The van der Waals surface area contributed by atoms with E-state index in [4.69, 9.17) is 17.5 Å². The fourth-order valence-corrected chi connectivity index (χ4v) is 0. The molecule has 4 nitrogen and oxygen atoms in total. The van der Waals surface area contributed by atoms with E-state index in [1.165, 1.54) is 0 Å². The first-order valence-corrected chi connectivity index (χ1v) is 2.10. The number of rotatable bonds is 0. The second-order valence-electron chi connectivity index (χ2n) is 0.448. The summed E-state index contributed by atoms with van der Waals surface area (Å²) in [6.07, 6.45) is 0. The smallest absolute Gasteiger partial charge is 0.264 e. The van der Waals surface area contributed by atoms with Gasteiger partial charge in [-0.2, -0.15) is 8.42 Å². The summed E-state index contributed by atoms with van der Waals surface area (Å²) in [5.41, 5.74) is 0. The summed E-state index contributed by atoms with van der Waals surface area (Å²) in [5.74, 6) is 0. The molecule has 0 aliphatic rings. The lowest BCUT2D eigenvalue weighted by Crippen LogP contribution is -1.89. The number of halogens is 3. The molecular weight excluding hydrogens is 347 g/mol. The van der Waals surface area contributed by atoms with Crippen LogP contribution in [-0.2, 0) is 10.4 Å². The first-order chi connectivity index (χ1) is 2.00.